The van der Waals surface area contributed by atoms with Crippen LogP contribution >= 0.6 is 11.6 Å². The topological polar surface area (TPSA) is 77.6 Å². The largest absolute Gasteiger partial charge is 0.293 e. The molecule has 0 bridgehead atoms. The molecule has 1 amide bonds. The average Bonchev–Trinajstić information content (AvgIpc) is 3.14. The number of hydrogen-bond donors (Lipinski definition) is 1. The number of carbonyl (C=O) groups excluding carboxylic acids is 1. The summed E-state index contributed by atoms with van der Waals surface area (Å²) >= 11 is 5.96. The van der Waals surface area contributed by atoms with E-state index in [1.165, 1.54) is 0 Å². The van der Waals surface area contributed by atoms with Crippen LogP contribution in [0.15, 0.2) is 42.9 Å². The zero-order valence-corrected chi connectivity index (χ0v) is 13.9. The average molecular weight is 345 g/mol. The molecule has 8 heteroatoms. The molecule has 0 fully saturated rings. The predicted octanol–water partition coefficient (Wildman–Crippen LogP) is 2.51. The summed E-state index contributed by atoms with van der Waals surface area (Å²) in [5.74, 6) is 0.143. The second-order valence-electron chi connectivity index (χ2n) is 5.39. The fraction of sp³-hybridized carbons (Fsp3) is 0.250. The number of carbonyl (C=O) groups is 1. The molecule has 3 aromatic rings. The highest BCUT2D eigenvalue weighted by Crippen LogP contribution is 2.12. The number of benzene rings is 1. The number of amides is 1. The van der Waals surface area contributed by atoms with Crippen LogP contribution in [0.3, 0.4) is 0 Å². The number of anilines is 1. The van der Waals surface area contributed by atoms with Gasteiger partial charge in [-0.15, -0.1) is 5.10 Å². The van der Waals surface area contributed by atoms with Gasteiger partial charge in [0.25, 0.3) is 0 Å². The van der Waals surface area contributed by atoms with Crippen molar-refractivity contribution in [3.63, 3.8) is 0 Å². The molecule has 1 aromatic carbocycles. The summed E-state index contributed by atoms with van der Waals surface area (Å²) in [7, 11) is 0. The SMILES string of the molecule is Cc1ccnn1CCC(=O)Nc1ncn(Cc2cccc(Cl)c2)n1. The Bertz CT molecular complexity index is 840. The summed E-state index contributed by atoms with van der Waals surface area (Å²) < 4.78 is 3.43. The van der Waals surface area contributed by atoms with Gasteiger partial charge in [-0.3, -0.25) is 14.8 Å². The fourth-order valence-electron chi connectivity index (χ4n) is 2.28. The van der Waals surface area contributed by atoms with E-state index in [2.05, 4.69) is 20.5 Å². The zero-order chi connectivity index (χ0) is 16.9. The molecule has 0 spiro atoms. The Labute approximate surface area is 144 Å². The third kappa shape index (κ3) is 4.20. The van der Waals surface area contributed by atoms with Crippen molar-refractivity contribution in [3.8, 4) is 0 Å². The van der Waals surface area contributed by atoms with E-state index in [1.54, 1.807) is 21.9 Å². The van der Waals surface area contributed by atoms with E-state index in [0.717, 1.165) is 11.3 Å². The van der Waals surface area contributed by atoms with Gasteiger partial charge in [0.2, 0.25) is 11.9 Å². The second-order valence-corrected chi connectivity index (χ2v) is 5.83. The minimum absolute atomic E-state index is 0.148. The van der Waals surface area contributed by atoms with Crippen molar-refractivity contribution in [2.45, 2.75) is 26.4 Å². The Morgan fingerprint density at radius 2 is 2.21 bits per heavy atom. The fourth-order valence-corrected chi connectivity index (χ4v) is 2.49. The standard InChI is InChI=1S/C16H17ClN6O/c1-12-5-7-19-23(12)8-6-15(24)20-16-18-11-22(21-16)10-13-3-2-4-14(17)9-13/h2-5,7,9,11H,6,8,10H2,1H3,(H,20,21,24). The van der Waals surface area contributed by atoms with Gasteiger partial charge < -0.3 is 0 Å². The minimum atomic E-state index is -0.148. The Morgan fingerprint density at radius 3 is 2.96 bits per heavy atom. The van der Waals surface area contributed by atoms with Crippen LogP contribution in [0.1, 0.15) is 17.7 Å². The van der Waals surface area contributed by atoms with E-state index in [4.69, 9.17) is 11.6 Å². The summed E-state index contributed by atoms with van der Waals surface area (Å²) in [4.78, 5) is 16.1. The number of aryl methyl sites for hydroxylation is 2. The number of nitrogens with zero attached hydrogens (tertiary/aromatic N) is 5. The molecule has 2 aromatic heterocycles. The van der Waals surface area contributed by atoms with Gasteiger partial charge in [0.15, 0.2) is 0 Å². The summed E-state index contributed by atoms with van der Waals surface area (Å²) in [6, 6.07) is 9.43. The second kappa shape index (κ2) is 7.27. The van der Waals surface area contributed by atoms with Crippen molar-refractivity contribution in [1.29, 1.82) is 0 Å². The van der Waals surface area contributed by atoms with E-state index in [9.17, 15) is 4.79 Å². The highest BCUT2D eigenvalue weighted by molar-refractivity contribution is 6.30. The van der Waals surface area contributed by atoms with Crippen LogP contribution in [-0.4, -0.2) is 30.5 Å². The number of nitrogens with one attached hydrogen (secondary N) is 1. The third-order valence-corrected chi connectivity index (χ3v) is 3.74. The highest BCUT2D eigenvalue weighted by Gasteiger charge is 2.08. The monoisotopic (exact) mass is 344 g/mol. The van der Waals surface area contributed by atoms with E-state index in [-0.39, 0.29) is 5.91 Å². The number of hydrogen-bond acceptors (Lipinski definition) is 4. The minimum Gasteiger partial charge on any atom is -0.293 e. The zero-order valence-electron chi connectivity index (χ0n) is 13.2. The maximum absolute atomic E-state index is 12.0. The maximum atomic E-state index is 12.0. The van der Waals surface area contributed by atoms with Crippen molar-refractivity contribution < 1.29 is 4.79 Å². The van der Waals surface area contributed by atoms with Crippen LogP contribution in [0.4, 0.5) is 5.95 Å². The molecule has 0 saturated heterocycles. The molecule has 7 nitrogen and oxygen atoms in total. The molecule has 0 aliphatic heterocycles. The van der Waals surface area contributed by atoms with Gasteiger partial charge in [-0.05, 0) is 30.7 Å². The van der Waals surface area contributed by atoms with Crippen molar-refractivity contribution in [1.82, 2.24) is 24.5 Å². The normalized spacial score (nSPS) is 10.8. The highest BCUT2D eigenvalue weighted by atomic mass is 35.5. The lowest BCUT2D eigenvalue weighted by atomic mass is 10.2. The molecular formula is C16H17ClN6O. The Hall–Kier alpha value is -2.67. The van der Waals surface area contributed by atoms with Crippen molar-refractivity contribution in [3.05, 3.63) is 59.1 Å². The van der Waals surface area contributed by atoms with Crippen LogP contribution in [0.2, 0.25) is 5.02 Å². The lowest BCUT2D eigenvalue weighted by molar-refractivity contribution is -0.116. The molecule has 0 radical (unpaired) electrons. The summed E-state index contributed by atoms with van der Waals surface area (Å²) in [5.41, 5.74) is 2.03. The molecule has 0 unspecified atom stereocenters. The van der Waals surface area contributed by atoms with E-state index < -0.39 is 0 Å². The number of rotatable bonds is 6. The first-order chi connectivity index (χ1) is 11.6. The van der Waals surface area contributed by atoms with Gasteiger partial charge in [-0.2, -0.15) is 5.10 Å². The molecule has 2 heterocycles. The Morgan fingerprint density at radius 1 is 1.33 bits per heavy atom. The molecule has 124 valence electrons. The van der Waals surface area contributed by atoms with Crippen molar-refractivity contribution in [2.24, 2.45) is 0 Å². The molecule has 0 saturated carbocycles. The summed E-state index contributed by atoms with van der Waals surface area (Å²) in [5, 5.41) is 11.8. The smallest absolute Gasteiger partial charge is 0.248 e. The summed E-state index contributed by atoms with van der Waals surface area (Å²) in [6.45, 7) is 3.01. The molecule has 0 aliphatic carbocycles. The molecule has 0 aliphatic rings. The van der Waals surface area contributed by atoms with E-state index >= 15 is 0 Å². The van der Waals surface area contributed by atoms with Crippen LogP contribution in [-0.2, 0) is 17.9 Å². The first-order valence-electron chi connectivity index (χ1n) is 7.52. The Kier molecular flexibility index (Phi) is 4.90. The van der Waals surface area contributed by atoms with Crippen LogP contribution in [0, 0.1) is 6.92 Å². The lowest BCUT2D eigenvalue weighted by Crippen LogP contribution is -2.16. The van der Waals surface area contributed by atoms with Gasteiger partial charge in [0.1, 0.15) is 6.33 Å². The van der Waals surface area contributed by atoms with Gasteiger partial charge in [0, 0.05) is 29.9 Å². The van der Waals surface area contributed by atoms with Gasteiger partial charge in [-0.25, -0.2) is 9.67 Å². The third-order valence-electron chi connectivity index (χ3n) is 3.50. The lowest BCUT2D eigenvalue weighted by Gasteiger charge is -2.04. The van der Waals surface area contributed by atoms with Crippen molar-refractivity contribution >= 4 is 23.5 Å². The van der Waals surface area contributed by atoms with Crippen LogP contribution in [0.25, 0.3) is 0 Å². The first-order valence-corrected chi connectivity index (χ1v) is 7.90. The molecule has 1 N–H and O–H groups in total. The van der Waals surface area contributed by atoms with Gasteiger partial charge >= 0.3 is 0 Å². The molecule has 3 rings (SSSR count). The molecule has 24 heavy (non-hydrogen) atoms. The maximum Gasteiger partial charge on any atom is 0.248 e. The van der Waals surface area contributed by atoms with E-state index in [0.29, 0.717) is 30.5 Å². The van der Waals surface area contributed by atoms with Gasteiger partial charge in [0.05, 0.1) is 6.54 Å². The quantitative estimate of drug-likeness (QED) is 0.745. The van der Waals surface area contributed by atoms with Crippen molar-refractivity contribution in [2.75, 3.05) is 5.32 Å². The van der Waals surface area contributed by atoms with Crippen LogP contribution in [0.5, 0.6) is 0 Å². The predicted molar refractivity (Wildman–Crippen MR) is 90.8 cm³/mol. The number of aromatic nitrogens is 5. The first kappa shape index (κ1) is 16.2. The molecular weight excluding hydrogens is 328 g/mol. The molecule has 0 atom stereocenters. The van der Waals surface area contributed by atoms with Gasteiger partial charge in [-0.1, -0.05) is 23.7 Å². The van der Waals surface area contributed by atoms with E-state index in [1.807, 2.05) is 37.3 Å². The van der Waals surface area contributed by atoms with Crippen LogP contribution < -0.4 is 5.32 Å². The Balaban J connectivity index is 1.53. The summed E-state index contributed by atoms with van der Waals surface area (Å²) in [6.07, 6.45) is 3.60. The number of halogens is 1.